The van der Waals surface area contributed by atoms with E-state index in [1.807, 2.05) is 18.4 Å². The smallest absolute Gasteiger partial charge is 0.256 e. The van der Waals surface area contributed by atoms with Gasteiger partial charge in [0, 0.05) is 19.3 Å². The second-order valence-corrected chi connectivity index (χ2v) is 7.42. The third-order valence-electron chi connectivity index (χ3n) is 5.25. The number of fused-ring (bicyclic) bond motifs is 1. The van der Waals surface area contributed by atoms with Crippen LogP contribution in [-0.4, -0.2) is 57.9 Å². The Balaban J connectivity index is 1.45. The normalized spacial score (nSPS) is 26.0. The first-order chi connectivity index (χ1) is 12.1. The SMILES string of the molecule is CSc1ncccc1C(=O)N1CC(N2C(=O)[C@H]3CC=CC[C@H]3C2=O)C1. The maximum atomic E-state index is 12.7. The number of hydrogen-bond acceptors (Lipinski definition) is 5. The molecule has 3 aliphatic rings. The third-order valence-corrected chi connectivity index (χ3v) is 5.96. The second kappa shape index (κ2) is 6.29. The summed E-state index contributed by atoms with van der Waals surface area (Å²) in [5, 5.41) is 0.696. The minimum absolute atomic E-state index is 0.0670. The molecule has 0 saturated carbocycles. The molecule has 0 spiro atoms. The van der Waals surface area contributed by atoms with Crippen molar-refractivity contribution in [3.05, 3.63) is 36.0 Å². The maximum Gasteiger partial charge on any atom is 0.256 e. The minimum atomic E-state index is -0.205. The summed E-state index contributed by atoms with van der Waals surface area (Å²) >= 11 is 1.43. The number of nitrogens with zero attached hydrogens (tertiary/aromatic N) is 3. The van der Waals surface area contributed by atoms with Crippen LogP contribution in [0.25, 0.3) is 0 Å². The Bertz CT molecular complexity index is 747. The number of thioether (sulfide) groups is 1. The van der Waals surface area contributed by atoms with Gasteiger partial charge in [0.15, 0.2) is 0 Å². The molecule has 130 valence electrons. The molecule has 0 N–H and O–H groups in total. The molecule has 0 radical (unpaired) electrons. The fraction of sp³-hybridized carbons (Fsp3) is 0.444. The van der Waals surface area contributed by atoms with Crippen molar-refractivity contribution in [3.63, 3.8) is 0 Å². The quantitative estimate of drug-likeness (QED) is 0.467. The van der Waals surface area contributed by atoms with Crippen LogP contribution in [0.5, 0.6) is 0 Å². The van der Waals surface area contributed by atoms with Gasteiger partial charge in [0.25, 0.3) is 5.91 Å². The summed E-state index contributed by atoms with van der Waals surface area (Å²) in [6, 6.07) is 3.32. The Morgan fingerprint density at radius 2 is 1.80 bits per heavy atom. The number of aromatic nitrogens is 1. The summed E-state index contributed by atoms with van der Waals surface area (Å²) in [6.07, 6.45) is 8.81. The van der Waals surface area contributed by atoms with E-state index >= 15 is 0 Å². The van der Waals surface area contributed by atoms with Crippen LogP contribution in [0.15, 0.2) is 35.5 Å². The van der Waals surface area contributed by atoms with Crippen LogP contribution in [0.1, 0.15) is 23.2 Å². The Hall–Kier alpha value is -2.15. The van der Waals surface area contributed by atoms with Crippen molar-refractivity contribution in [3.8, 4) is 0 Å². The number of amides is 3. The topological polar surface area (TPSA) is 70.6 Å². The number of rotatable bonds is 3. The zero-order chi connectivity index (χ0) is 17.6. The number of carbonyl (C=O) groups is 3. The summed E-state index contributed by atoms with van der Waals surface area (Å²) in [5.74, 6) is -0.635. The minimum Gasteiger partial charge on any atom is -0.334 e. The monoisotopic (exact) mass is 357 g/mol. The van der Waals surface area contributed by atoms with Crippen LogP contribution < -0.4 is 0 Å². The Morgan fingerprint density at radius 1 is 1.16 bits per heavy atom. The first-order valence-electron chi connectivity index (χ1n) is 8.42. The molecule has 3 amide bonds. The van der Waals surface area contributed by atoms with Gasteiger partial charge in [-0.15, -0.1) is 11.8 Å². The van der Waals surface area contributed by atoms with Gasteiger partial charge in [-0.05, 0) is 31.2 Å². The summed E-state index contributed by atoms with van der Waals surface area (Å²) in [7, 11) is 0. The lowest BCUT2D eigenvalue weighted by molar-refractivity contribution is -0.145. The Morgan fingerprint density at radius 3 is 2.40 bits per heavy atom. The number of allylic oxidation sites excluding steroid dienone is 2. The first kappa shape index (κ1) is 16.3. The van der Waals surface area contributed by atoms with E-state index in [-0.39, 0.29) is 35.6 Å². The van der Waals surface area contributed by atoms with E-state index in [2.05, 4.69) is 4.98 Å². The average Bonchev–Trinajstić information content (AvgIpc) is 2.86. The van der Waals surface area contributed by atoms with Gasteiger partial charge in [0.05, 0.1) is 23.4 Å². The van der Waals surface area contributed by atoms with Crippen molar-refractivity contribution in [2.75, 3.05) is 19.3 Å². The number of likely N-dealkylation sites (tertiary alicyclic amines) is 2. The van der Waals surface area contributed by atoms with Crippen molar-refractivity contribution >= 4 is 29.5 Å². The molecule has 2 aliphatic heterocycles. The van der Waals surface area contributed by atoms with Gasteiger partial charge in [0.1, 0.15) is 5.03 Å². The number of pyridine rings is 1. The fourth-order valence-corrected chi connectivity index (χ4v) is 4.40. The van der Waals surface area contributed by atoms with Crippen LogP contribution in [0.2, 0.25) is 0 Å². The van der Waals surface area contributed by atoms with Crippen molar-refractivity contribution in [2.45, 2.75) is 23.9 Å². The zero-order valence-electron chi connectivity index (χ0n) is 13.9. The molecule has 0 unspecified atom stereocenters. The largest absolute Gasteiger partial charge is 0.334 e. The van der Waals surface area contributed by atoms with Gasteiger partial charge in [-0.25, -0.2) is 4.98 Å². The molecular weight excluding hydrogens is 338 g/mol. The molecule has 2 fully saturated rings. The van der Waals surface area contributed by atoms with Crippen LogP contribution in [0, 0.1) is 11.8 Å². The van der Waals surface area contributed by atoms with Gasteiger partial charge in [-0.3, -0.25) is 19.3 Å². The molecule has 3 heterocycles. The number of hydrogen-bond donors (Lipinski definition) is 0. The molecule has 2 atom stereocenters. The van der Waals surface area contributed by atoms with Gasteiger partial charge in [-0.2, -0.15) is 0 Å². The standard InChI is InChI=1S/C18H19N3O3S/c1-25-15-14(7-4-8-19-15)16(22)20-9-11(10-20)21-17(23)12-5-2-3-6-13(12)18(21)24/h2-4,7-8,11-13H,5-6,9-10H2,1H3/t12-,13+. The van der Waals surface area contributed by atoms with Crippen LogP contribution in [0.4, 0.5) is 0 Å². The van der Waals surface area contributed by atoms with Gasteiger partial charge in [0.2, 0.25) is 11.8 Å². The second-order valence-electron chi connectivity index (χ2n) is 6.63. The van der Waals surface area contributed by atoms with Gasteiger partial charge < -0.3 is 4.90 Å². The lowest BCUT2D eigenvalue weighted by atomic mass is 9.85. The van der Waals surface area contributed by atoms with E-state index in [1.165, 1.54) is 16.7 Å². The molecule has 7 heteroatoms. The first-order valence-corrected chi connectivity index (χ1v) is 9.64. The molecule has 1 aromatic rings. The molecule has 4 rings (SSSR count). The van der Waals surface area contributed by atoms with Gasteiger partial charge in [-0.1, -0.05) is 12.2 Å². The highest BCUT2D eigenvalue weighted by atomic mass is 32.2. The zero-order valence-corrected chi connectivity index (χ0v) is 14.7. The lowest BCUT2D eigenvalue weighted by Crippen LogP contribution is -2.62. The van der Waals surface area contributed by atoms with Gasteiger partial charge >= 0.3 is 0 Å². The number of carbonyl (C=O) groups excluding carboxylic acids is 3. The van der Waals surface area contributed by atoms with E-state index in [9.17, 15) is 14.4 Å². The summed E-state index contributed by atoms with van der Waals surface area (Å²) in [4.78, 5) is 45.1. The average molecular weight is 357 g/mol. The summed E-state index contributed by atoms with van der Waals surface area (Å²) in [5.41, 5.74) is 0.574. The number of imide groups is 1. The summed E-state index contributed by atoms with van der Waals surface area (Å²) < 4.78 is 0. The van der Waals surface area contributed by atoms with E-state index in [0.717, 1.165) is 0 Å². The van der Waals surface area contributed by atoms with Crippen molar-refractivity contribution < 1.29 is 14.4 Å². The molecule has 2 saturated heterocycles. The van der Waals surface area contributed by atoms with Crippen LogP contribution in [-0.2, 0) is 9.59 Å². The highest BCUT2D eigenvalue weighted by Crippen LogP contribution is 2.37. The van der Waals surface area contributed by atoms with Crippen molar-refractivity contribution in [1.82, 2.24) is 14.8 Å². The van der Waals surface area contributed by atoms with Crippen LogP contribution in [0.3, 0.4) is 0 Å². The van der Waals surface area contributed by atoms with Crippen LogP contribution >= 0.6 is 11.8 Å². The van der Waals surface area contributed by atoms with Crippen molar-refractivity contribution in [1.29, 1.82) is 0 Å². The van der Waals surface area contributed by atoms with Crippen molar-refractivity contribution in [2.24, 2.45) is 11.8 Å². The highest BCUT2D eigenvalue weighted by molar-refractivity contribution is 7.98. The lowest BCUT2D eigenvalue weighted by Gasteiger charge is -2.43. The fourth-order valence-electron chi connectivity index (χ4n) is 3.86. The molecule has 0 aromatic carbocycles. The summed E-state index contributed by atoms with van der Waals surface area (Å²) in [6.45, 7) is 0.817. The predicted molar refractivity (Wildman–Crippen MR) is 92.9 cm³/mol. The molecule has 1 aliphatic carbocycles. The van der Waals surface area contributed by atoms with E-state index in [0.29, 0.717) is 36.5 Å². The Kier molecular flexibility index (Phi) is 4.11. The molecule has 6 nitrogen and oxygen atoms in total. The molecule has 0 bridgehead atoms. The maximum absolute atomic E-state index is 12.7. The third kappa shape index (κ3) is 2.57. The predicted octanol–water partition coefficient (Wildman–Crippen LogP) is 1.58. The van der Waals surface area contributed by atoms with E-state index in [4.69, 9.17) is 0 Å². The Labute approximate surface area is 150 Å². The van der Waals surface area contributed by atoms with E-state index in [1.54, 1.807) is 23.2 Å². The molecule has 1 aromatic heterocycles. The molecule has 25 heavy (non-hydrogen) atoms. The highest BCUT2D eigenvalue weighted by Gasteiger charge is 2.52. The van der Waals surface area contributed by atoms with E-state index < -0.39 is 0 Å². The molecular formula is C18H19N3O3S.